The van der Waals surface area contributed by atoms with Gasteiger partial charge in [0.25, 0.3) is 0 Å². The average molecular weight is 177 g/mol. The Hall–Kier alpha value is -1.12. The van der Waals surface area contributed by atoms with Crippen molar-refractivity contribution in [1.29, 1.82) is 0 Å². The molecule has 0 saturated heterocycles. The first-order chi connectivity index (χ1) is 6.25. The van der Waals surface area contributed by atoms with E-state index in [2.05, 4.69) is 22.2 Å². The molecule has 1 fully saturated rings. The lowest BCUT2D eigenvalue weighted by Crippen LogP contribution is -2.19. The van der Waals surface area contributed by atoms with Gasteiger partial charge in [-0.25, -0.2) is 9.97 Å². The standard InChI is InChI=1S/C10H15N3/c1-7-5-6-11-10(12-7)13-8(2)9-3-4-9/h5-6,8-9H,3-4H2,1-2H3,(H,11,12,13). The van der Waals surface area contributed by atoms with E-state index in [1.807, 2.05) is 13.0 Å². The molecule has 1 aliphatic carbocycles. The Morgan fingerprint density at radius 3 is 2.92 bits per heavy atom. The molecule has 3 heteroatoms. The van der Waals surface area contributed by atoms with Crippen molar-refractivity contribution in [2.75, 3.05) is 5.32 Å². The minimum Gasteiger partial charge on any atom is -0.351 e. The number of aryl methyl sites for hydroxylation is 1. The average Bonchev–Trinajstić information content (AvgIpc) is 2.85. The fourth-order valence-electron chi connectivity index (χ4n) is 1.44. The van der Waals surface area contributed by atoms with Crippen LogP contribution in [-0.2, 0) is 0 Å². The molecule has 70 valence electrons. The maximum Gasteiger partial charge on any atom is 0.223 e. The molecule has 0 aromatic carbocycles. The summed E-state index contributed by atoms with van der Waals surface area (Å²) in [6.07, 6.45) is 4.49. The molecule has 13 heavy (non-hydrogen) atoms. The van der Waals surface area contributed by atoms with Crippen LogP contribution in [-0.4, -0.2) is 16.0 Å². The summed E-state index contributed by atoms with van der Waals surface area (Å²) in [4.78, 5) is 8.47. The number of rotatable bonds is 3. The van der Waals surface area contributed by atoms with Gasteiger partial charge in [-0.15, -0.1) is 0 Å². The van der Waals surface area contributed by atoms with Crippen LogP contribution in [0.3, 0.4) is 0 Å². The lowest BCUT2D eigenvalue weighted by Gasteiger charge is -2.12. The van der Waals surface area contributed by atoms with Crippen molar-refractivity contribution in [3.05, 3.63) is 18.0 Å². The summed E-state index contributed by atoms with van der Waals surface area (Å²) in [6, 6.07) is 2.43. The van der Waals surface area contributed by atoms with Crippen molar-refractivity contribution >= 4 is 5.95 Å². The Morgan fingerprint density at radius 2 is 2.31 bits per heavy atom. The van der Waals surface area contributed by atoms with Gasteiger partial charge in [0.15, 0.2) is 0 Å². The maximum absolute atomic E-state index is 4.30. The summed E-state index contributed by atoms with van der Waals surface area (Å²) in [6.45, 7) is 4.18. The van der Waals surface area contributed by atoms with Crippen molar-refractivity contribution in [2.45, 2.75) is 32.7 Å². The smallest absolute Gasteiger partial charge is 0.223 e. The third-order valence-electron chi connectivity index (χ3n) is 2.48. The minimum absolute atomic E-state index is 0.516. The lowest BCUT2D eigenvalue weighted by molar-refractivity contribution is 0.685. The molecule has 3 nitrogen and oxygen atoms in total. The van der Waals surface area contributed by atoms with Gasteiger partial charge in [0.05, 0.1) is 0 Å². The van der Waals surface area contributed by atoms with E-state index in [0.717, 1.165) is 17.6 Å². The summed E-state index contributed by atoms with van der Waals surface area (Å²) < 4.78 is 0. The Labute approximate surface area is 78.6 Å². The summed E-state index contributed by atoms with van der Waals surface area (Å²) >= 11 is 0. The number of nitrogens with zero attached hydrogens (tertiary/aromatic N) is 2. The van der Waals surface area contributed by atoms with Crippen LogP contribution >= 0.6 is 0 Å². The van der Waals surface area contributed by atoms with Crippen LogP contribution in [0.1, 0.15) is 25.5 Å². The highest BCUT2D eigenvalue weighted by atomic mass is 15.1. The van der Waals surface area contributed by atoms with Gasteiger partial charge in [0.2, 0.25) is 5.95 Å². The highest BCUT2D eigenvalue weighted by molar-refractivity contribution is 5.26. The normalized spacial score (nSPS) is 18.3. The quantitative estimate of drug-likeness (QED) is 0.767. The van der Waals surface area contributed by atoms with Crippen molar-refractivity contribution in [2.24, 2.45) is 5.92 Å². The number of nitrogens with one attached hydrogen (secondary N) is 1. The minimum atomic E-state index is 0.516. The highest BCUT2D eigenvalue weighted by Crippen LogP contribution is 2.33. The zero-order chi connectivity index (χ0) is 9.26. The fourth-order valence-corrected chi connectivity index (χ4v) is 1.44. The fraction of sp³-hybridized carbons (Fsp3) is 0.600. The van der Waals surface area contributed by atoms with Crippen molar-refractivity contribution < 1.29 is 0 Å². The monoisotopic (exact) mass is 177 g/mol. The largest absolute Gasteiger partial charge is 0.351 e. The van der Waals surface area contributed by atoms with Crippen molar-refractivity contribution in [3.63, 3.8) is 0 Å². The summed E-state index contributed by atoms with van der Waals surface area (Å²) in [5, 5.41) is 3.32. The molecule has 1 saturated carbocycles. The maximum atomic E-state index is 4.30. The second-order valence-electron chi connectivity index (χ2n) is 3.79. The molecule has 0 bridgehead atoms. The number of hydrogen-bond donors (Lipinski definition) is 1. The van der Waals surface area contributed by atoms with Crippen LogP contribution in [0.25, 0.3) is 0 Å². The number of hydrogen-bond acceptors (Lipinski definition) is 3. The summed E-state index contributed by atoms with van der Waals surface area (Å²) in [5.74, 6) is 1.60. The number of aromatic nitrogens is 2. The second-order valence-corrected chi connectivity index (χ2v) is 3.79. The van der Waals surface area contributed by atoms with E-state index in [1.165, 1.54) is 12.8 Å². The topological polar surface area (TPSA) is 37.8 Å². The zero-order valence-electron chi connectivity index (χ0n) is 8.12. The predicted molar refractivity (Wildman–Crippen MR) is 52.6 cm³/mol. The zero-order valence-corrected chi connectivity index (χ0v) is 8.12. The van der Waals surface area contributed by atoms with Gasteiger partial charge in [-0.1, -0.05) is 0 Å². The lowest BCUT2D eigenvalue weighted by atomic mass is 10.2. The third-order valence-corrected chi connectivity index (χ3v) is 2.48. The number of anilines is 1. The van der Waals surface area contributed by atoms with E-state index in [-0.39, 0.29) is 0 Å². The Morgan fingerprint density at radius 1 is 1.54 bits per heavy atom. The molecule has 0 spiro atoms. The predicted octanol–water partition coefficient (Wildman–Crippen LogP) is 2.00. The molecule has 1 atom stereocenters. The molecule has 0 radical (unpaired) electrons. The molecular formula is C10H15N3. The van der Waals surface area contributed by atoms with E-state index in [9.17, 15) is 0 Å². The Kier molecular flexibility index (Phi) is 2.17. The van der Waals surface area contributed by atoms with Crippen LogP contribution in [0, 0.1) is 12.8 Å². The summed E-state index contributed by atoms with van der Waals surface area (Å²) in [7, 11) is 0. The molecule has 1 N–H and O–H groups in total. The Balaban J connectivity index is 2.00. The molecule has 1 aliphatic rings. The van der Waals surface area contributed by atoms with Crippen LogP contribution in [0.4, 0.5) is 5.95 Å². The van der Waals surface area contributed by atoms with E-state index in [4.69, 9.17) is 0 Å². The molecule has 0 amide bonds. The molecular weight excluding hydrogens is 162 g/mol. The molecule has 2 rings (SSSR count). The first kappa shape index (κ1) is 8.48. The summed E-state index contributed by atoms with van der Waals surface area (Å²) in [5.41, 5.74) is 1.01. The molecule has 1 aromatic rings. The first-order valence-corrected chi connectivity index (χ1v) is 4.82. The third kappa shape index (κ3) is 2.17. The van der Waals surface area contributed by atoms with Crippen molar-refractivity contribution in [3.8, 4) is 0 Å². The van der Waals surface area contributed by atoms with Crippen LogP contribution in [0.5, 0.6) is 0 Å². The van der Waals surface area contributed by atoms with Gasteiger partial charge in [-0.2, -0.15) is 0 Å². The van der Waals surface area contributed by atoms with E-state index in [1.54, 1.807) is 6.20 Å². The van der Waals surface area contributed by atoms with Gasteiger partial charge in [0, 0.05) is 17.9 Å². The SMILES string of the molecule is Cc1ccnc(NC(C)C2CC2)n1. The highest BCUT2D eigenvalue weighted by Gasteiger charge is 2.28. The van der Waals surface area contributed by atoms with Crippen LogP contribution < -0.4 is 5.32 Å². The van der Waals surface area contributed by atoms with Crippen molar-refractivity contribution in [1.82, 2.24) is 9.97 Å². The van der Waals surface area contributed by atoms with Gasteiger partial charge in [-0.3, -0.25) is 0 Å². The second kappa shape index (κ2) is 3.32. The van der Waals surface area contributed by atoms with Crippen LogP contribution in [0.2, 0.25) is 0 Å². The molecule has 1 heterocycles. The molecule has 0 aliphatic heterocycles. The van der Waals surface area contributed by atoms with E-state index < -0.39 is 0 Å². The van der Waals surface area contributed by atoms with Crippen LogP contribution in [0.15, 0.2) is 12.3 Å². The van der Waals surface area contributed by atoms with Gasteiger partial charge in [-0.05, 0) is 38.7 Å². The van der Waals surface area contributed by atoms with E-state index >= 15 is 0 Å². The molecule has 1 unspecified atom stereocenters. The van der Waals surface area contributed by atoms with Gasteiger partial charge in [0.1, 0.15) is 0 Å². The van der Waals surface area contributed by atoms with E-state index in [0.29, 0.717) is 6.04 Å². The Bertz CT molecular complexity index is 294. The van der Waals surface area contributed by atoms with Gasteiger partial charge >= 0.3 is 0 Å². The first-order valence-electron chi connectivity index (χ1n) is 4.82. The molecule has 1 aromatic heterocycles. The van der Waals surface area contributed by atoms with Gasteiger partial charge < -0.3 is 5.32 Å².